The van der Waals surface area contributed by atoms with E-state index in [-0.39, 0.29) is 4.46 Å². The number of hydrogen-bond acceptors (Lipinski definition) is 0. The van der Waals surface area contributed by atoms with Gasteiger partial charge in [-0.2, -0.15) is 0 Å². The molecule has 0 heterocycles. The molecule has 0 unspecified atom stereocenters. The third-order valence-corrected chi connectivity index (χ3v) is 2.92. The van der Waals surface area contributed by atoms with Crippen LogP contribution in [0, 0.1) is 0 Å². The highest BCUT2D eigenvalue weighted by Crippen LogP contribution is 2.01. The molecule has 0 atom stereocenters. The van der Waals surface area contributed by atoms with E-state index in [0.29, 0.717) is 9.52 Å². The lowest BCUT2D eigenvalue weighted by atomic mass is 10.2. The van der Waals surface area contributed by atoms with Crippen LogP contribution >= 0.6 is 23.2 Å². The van der Waals surface area contributed by atoms with Crippen LogP contribution in [0.25, 0.3) is 6.08 Å². The number of halogens is 2. The van der Waals surface area contributed by atoms with E-state index in [1.54, 1.807) is 0 Å². The third-order valence-electron chi connectivity index (χ3n) is 1.40. The molecule has 0 aliphatic rings. The van der Waals surface area contributed by atoms with E-state index < -0.39 is 0 Å². The van der Waals surface area contributed by atoms with Crippen LogP contribution in [0.3, 0.4) is 0 Å². The van der Waals surface area contributed by atoms with Gasteiger partial charge in [0.05, 0.1) is 4.46 Å². The summed E-state index contributed by atoms with van der Waals surface area (Å²) >= 11 is 11.3. The molecular formula is C9H8Cl2Si. The molecule has 0 aliphatic carbocycles. The van der Waals surface area contributed by atoms with Crippen LogP contribution in [0.1, 0.15) is 5.56 Å². The molecule has 12 heavy (non-hydrogen) atoms. The van der Waals surface area contributed by atoms with Crippen molar-refractivity contribution in [1.82, 2.24) is 0 Å². The highest BCUT2D eigenvalue weighted by Gasteiger charge is 2.02. The van der Waals surface area contributed by atoms with Gasteiger partial charge >= 0.3 is 0 Å². The molecule has 0 spiro atoms. The van der Waals surface area contributed by atoms with Crippen molar-refractivity contribution in [2.24, 2.45) is 0 Å². The molecule has 0 bridgehead atoms. The summed E-state index contributed by atoms with van der Waals surface area (Å²) in [6.07, 6.45) is 1.81. The van der Waals surface area contributed by atoms with Gasteiger partial charge in [-0.3, -0.25) is 0 Å². The first-order valence-electron chi connectivity index (χ1n) is 3.49. The van der Waals surface area contributed by atoms with Crippen LogP contribution in [0.2, 0.25) is 0 Å². The monoisotopic (exact) mass is 214 g/mol. The van der Waals surface area contributed by atoms with Gasteiger partial charge in [0.2, 0.25) is 0 Å². The molecule has 1 aromatic carbocycles. The van der Waals surface area contributed by atoms with Crippen LogP contribution in [0.5, 0.6) is 0 Å². The van der Waals surface area contributed by atoms with E-state index in [2.05, 4.69) is 6.58 Å². The zero-order valence-corrected chi connectivity index (χ0v) is 8.94. The fourth-order valence-electron chi connectivity index (χ4n) is 0.881. The summed E-state index contributed by atoms with van der Waals surface area (Å²) in [6.45, 7) is 3.69. The van der Waals surface area contributed by atoms with Gasteiger partial charge in [-0.25, -0.2) is 0 Å². The maximum absolute atomic E-state index is 5.66. The normalized spacial score (nSPS) is 10.2. The second-order valence-corrected chi connectivity index (χ2v) is 5.55. The minimum atomic E-state index is -0.301. The molecule has 62 valence electrons. The fourth-order valence-corrected chi connectivity index (χ4v) is 2.33. The Hall–Kier alpha value is -0.243. The molecule has 0 saturated heterocycles. The van der Waals surface area contributed by atoms with Gasteiger partial charge in [0.15, 0.2) is 0 Å². The molecule has 0 nitrogen and oxygen atoms in total. The molecule has 0 aliphatic heterocycles. The predicted molar refractivity (Wildman–Crippen MR) is 57.4 cm³/mol. The molecule has 0 fully saturated rings. The first-order chi connectivity index (χ1) is 5.72. The van der Waals surface area contributed by atoms with Gasteiger partial charge in [0.25, 0.3) is 0 Å². The van der Waals surface area contributed by atoms with Crippen LogP contribution in [-0.2, 0) is 0 Å². The van der Waals surface area contributed by atoms with Crippen molar-refractivity contribution in [2.75, 3.05) is 0 Å². The zero-order valence-electron chi connectivity index (χ0n) is 6.43. The SMILES string of the molecule is C=Cc1cccc([Si]C(Cl)Cl)c1. The standard InChI is InChI=1S/C9H8Cl2Si/c1-2-7-4-3-5-8(6-7)12-9(10)11/h2-6,9H,1H2. The highest BCUT2D eigenvalue weighted by molar-refractivity contribution is 6.75. The van der Waals surface area contributed by atoms with Crippen LogP contribution in [-0.4, -0.2) is 14.0 Å². The van der Waals surface area contributed by atoms with Crippen molar-refractivity contribution in [3.05, 3.63) is 36.4 Å². The third kappa shape index (κ3) is 3.01. The summed E-state index contributed by atoms with van der Waals surface area (Å²) in [6, 6.07) is 8.04. The molecule has 3 heteroatoms. The maximum atomic E-state index is 5.66. The Kier molecular flexibility index (Phi) is 3.86. The second-order valence-electron chi connectivity index (χ2n) is 2.27. The Morgan fingerprint density at radius 3 is 2.75 bits per heavy atom. The Morgan fingerprint density at radius 1 is 1.42 bits per heavy atom. The number of rotatable bonds is 3. The highest BCUT2D eigenvalue weighted by atomic mass is 35.5. The summed E-state index contributed by atoms with van der Waals surface area (Å²) in [7, 11) is 0.443. The first-order valence-corrected chi connectivity index (χ1v) is 5.44. The van der Waals surface area contributed by atoms with E-state index >= 15 is 0 Å². The van der Waals surface area contributed by atoms with Crippen LogP contribution in [0.4, 0.5) is 0 Å². The largest absolute Gasteiger partial charge is 0.124 e. The number of alkyl halides is 2. The zero-order chi connectivity index (χ0) is 8.97. The Morgan fingerprint density at radius 2 is 2.17 bits per heavy atom. The molecule has 0 aromatic heterocycles. The minimum absolute atomic E-state index is 0.301. The van der Waals surface area contributed by atoms with Crippen LogP contribution in [0.15, 0.2) is 30.8 Å². The van der Waals surface area contributed by atoms with Crippen molar-refractivity contribution in [2.45, 2.75) is 4.46 Å². The summed E-state index contributed by atoms with van der Waals surface area (Å²) in [5, 5.41) is 1.17. The van der Waals surface area contributed by atoms with Gasteiger partial charge in [-0.15, -0.1) is 23.2 Å². The van der Waals surface area contributed by atoms with E-state index in [0.717, 1.165) is 5.56 Å². The van der Waals surface area contributed by atoms with Crippen molar-refractivity contribution < 1.29 is 0 Å². The average molecular weight is 215 g/mol. The number of benzene rings is 1. The van der Waals surface area contributed by atoms with E-state index in [1.165, 1.54) is 5.19 Å². The van der Waals surface area contributed by atoms with Gasteiger partial charge in [0.1, 0.15) is 9.52 Å². The summed E-state index contributed by atoms with van der Waals surface area (Å²) in [5.41, 5.74) is 1.11. The second kappa shape index (κ2) is 4.70. The summed E-state index contributed by atoms with van der Waals surface area (Å²) < 4.78 is -0.301. The topological polar surface area (TPSA) is 0 Å². The molecule has 1 rings (SSSR count). The molecule has 0 amide bonds. The Bertz CT molecular complexity index is 271. The fraction of sp³-hybridized carbons (Fsp3) is 0.111. The first kappa shape index (κ1) is 9.84. The summed E-state index contributed by atoms with van der Waals surface area (Å²) in [5.74, 6) is 0. The summed E-state index contributed by atoms with van der Waals surface area (Å²) in [4.78, 5) is 0. The maximum Gasteiger partial charge on any atom is 0.124 e. The lowest BCUT2D eigenvalue weighted by Crippen LogP contribution is -2.20. The molecular weight excluding hydrogens is 207 g/mol. The van der Waals surface area contributed by atoms with E-state index in [1.807, 2.05) is 30.3 Å². The van der Waals surface area contributed by atoms with Gasteiger partial charge in [0, 0.05) is 0 Å². The van der Waals surface area contributed by atoms with Gasteiger partial charge in [-0.1, -0.05) is 42.1 Å². The van der Waals surface area contributed by atoms with Crippen molar-refractivity contribution in [3.8, 4) is 0 Å². The van der Waals surface area contributed by atoms with Gasteiger partial charge in [-0.05, 0) is 5.56 Å². The van der Waals surface area contributed by atoms with Gasteiger partial charge < -0.3 is 0 Å². The van der Waals surface area contributed by atoms with Crippen molar-refractivity contribution in [3.63, 3.8) is 0 Å². The minimum Gasteiger partial charge on any atom is -0.110 e. The lowest BCUT2D eigenvalue weighted by molar-refractivity contribution is 1.70. The lowest BCUT2D eigenvalue weighted by Gasteiger charge is -2.00. The smallest absolute Gasteiger partial charge is 0.110 e. The molecule has 0 saturated carbocycles. The van der Waals surface area contributed by atoms with E-state index in [9.17, 15) is 0 Å². The van der Waals surface area contributed by atoms with E-state index in [4.69, 9.17) is 23.2 Å². The van der Waals surface area contributed by atoms with Crippen molar-refractivity contribution >= 4 is 44.0 Å². The Labute approximate surface area is 85.0 Å². The number of hydrogen-bond donors (Lipinski definition) is 0. The molecule has 1 aromatic rings. The molecule has 0 N–H and O–H groups in total. The Balaban J connectivity index is 2.79. The van der Waals surface area contributed by atoms with Crippen molar-refractivity contribution in [1.29, 1.82) is 0 Å². The predicted octanol–water partition coefficient (Wildman–Crippen LogP) is 2.42. The molecule has 2 radical (unpaired) electrons. The van der Waals surface area contributed by atoms with Crippen LogP contribution < -0.4 is 5.19 Å². The average Bonchev–Trinajstić information content (AvgIpc) is 2.03. The quantitative estimate of drug-likeness (QED) is 0.536.